The summed E-state index contributed by atoms with van der Waals surface area (Å²) < 4.78 is 40.1. The summed E-state index contributed by atoms with van der Waals surface area (Å²) in [5, 5.41) is 4.87. The number of nitrogens with one attached hydrogen (secondary N) is 2. The van der Waals surface area contributed by atoms with Crippen LogP contribution in [0.15, 0.2) is 24.3 Å². The average molecular weight is 342 g/mol. The van der Waals surface area contributed by atoms with E-state index in [1.807, 2.05) is 0 Å². The number of imidazole rings is 1. The van der Waals surface area contributed by atoms with Crippen molar-refractivity contribution < 1.29 is 22.8 Å². The van der Waals surface area contributed by atoms with Gasteiger partial charge in [0.1, 0.15) is 6.54 Å². The Morgan fingerprint density at radius 2 is 1.88 bits per heavy atom. The van der Waals surface area contributed by atoms with Crippen molar-refractivity contribution in [1.82, 2.24) is 20.2 Å². The topological polar surface area (TPSA) is 76.0 Å². The van der Waals surface area contributed by atoms with Crippen molar-refractivity contribution in [1.29, 1.82) is 0 Å². The molecule has 0 fully saturated rings. The molecule has 0 aliphatic rings. The quantitative estimate of drug-likeness (QED) is 0.868. The van der Waals surface area contributed by atoms with E-state index in [9.17, 15) is 22.8 Å². The lowest BCUT2D eigenvalue weighted by molar-refractivity contribution is -0.147. The summed E-state index contributed by atoms with van der Waals surface area (Å²) in [6, 6.07) is 5.93. The van der Waals surface area contributed by atoms with E-state index in [0.29, 0.717) is 0 Å². The van der Waals surface area contributed by atoms with Gasteiger partial charge in [-0.1, -0.05) is 12.1 Å². The van der Waals surface area contributed by atoms with E-state index < -0.39 is 30.4 Å². The normalized spacial score (nSPS) is 11.8. The van der Waals surface area contributed by atoms with Gasteiger partial charge in [-0.05, 0) is 26.0 Å². The second-order valence-corrected chi connectivity index (χ2v) is 5.51. The molecule has 6 nitrogen and oxygen atoms in total. The number of carbonyl (C=O) groups is 2. The molecule has 24 heavy (non-hydrogen) atoms. The molecule has 130 valence electrons. The van der Waals surface area contributed by atoms with Crippen LogP contribution < -0.4 is 10.6 Å². The van der Waals surface area contributed by atoms with Gasteiger partial charge in [-0.2, -0.15) is 13.2 Å². The fourth-order valence-corrected chi connectivity index (χ4v) is 2.20. The first-order valence-corrected chi connectivity index (χ1v) is 7.27. The van der Waals surface area contributed by atoms with E-state index >= 15 is 0 Å². The molecule has 0 bridgehead atoms. The van der Waals surface area contributed by atoms with Gasteiger partial charge < -0.3 is 15.2 Å². The Labute approximate surface area is 136 Å². The first-order valence-electron chi connectivity index (χ1n) is 7.27. The second kappa shape index (κ2) is 6.90. The van der Waals surface area contributed by atoms with E-state index in [2.05, 4.69) is 15.6 Å². The van der Waals surface area contributed by atoms with Crippen molar-refractivity contribution in [2.75, 3.05) is 6.54 Å². The number of fused-ring (bicyclic) bond motifs is 1. The molecule has 2 amide bonds. The minimum Gasteiger partial charge on any atom is -0.352 e. The Hall–Kier alpha value is -2.58. The number of amides is 2. The number of hydrogen-bond donors (Lipinski definition) is 2. The van der Waals surface area contributed by atoms with Gasteiger partial charge >= 0.3 is 6.18 Å². The standard InChI is InChI=1S/C15H17F3N4O2/c1-9(2)20-12(23)7-19-13(24)8-22-11-6-4-3-5-10(11)21-14(22)15(16,17)18/h3-6,9H,7-8H2,1-2H3,(H,19,24)(H,20,23). The van der Waals surface area contributed by atoms with E-state index in [1.54, 1.807) is 26.0 Å². The third-order valence-electron chi connectivity index (χ3n) is 3.11. The summed E-state index contributed by atoms with van der Waals surface area (Å²) in [4.78, 5) is 26.9. The summed E-state index contributed by atoms with van der Waals surface area (Å²) in [7, 11) is 0. The minimum absolute atomic E-state index is 0.0937. The Balaban J connectivity index is 2.16. The molecule has 9 heteroatoms. The number of para-hydroxylation sites is 2. The Morgan fingerprint density at radius 1 is 1.21 bits per heavy atom. The molecule has 1 heterocycles. The number of aromatic nitrogens is 2. The summed E-state index contributed by atoms with van der Waals surface area (Å²) >= 11 is 0. The Bertz CT molecular complexity index is 753. The van der Waals surface area contributed by atoms with Gasteiger partial charge in [-0.3, -0.25) is 9.59 Å². The van der Waals surface area contributed by atoms with Crippen LogP contribution in [0.2, 0.25) is 0 Å². The number of hydrogen-bond acceptors (Lipinski definition) is 3. The summed E-state index contributed by atoms with van der Waals surface area (Å²) in [6.07, 6.45) is -4.69. The van der Waals surface area contributed by atoms with Gasteiger partial charge in [0.05, 0.1) is 17.6 Å². The van der Waals surface area contributed by atoms with Crippen LogP contribution in [0.25, 0.3) is 11.0 Å². The summed E-state index contributed by atoms with van der Waals surface area (Å²) in [6.45, 7) is 2.63. The zero-order valence-electron chi connectivity index (χ0n) is 13.1. The fraction of sp³-hybridized carbons (Fsp3) is 0.400. The predicted octanol–water partition coefficient (Wildman–Crippen LogP) is 1.70. The molecule has 1 aromatic carbocycles. The highest BCUT2D eigenvalue weighted by atomic mass is 19.4. The van der Waals surface area contributed by atoms with Crippen LogP contribution in [0.3, 0.4) is 0 Å². The predicted molar refractivity (Wildman–Crippen MR) is 81.0 cm³/mol. The molecule has 1 aromatic heterocycles. The van der Waals surface area contributed by atoms with Crippen LogP contribution in [-0.4, -0.2) is 34.0 Å². The van der Waals surface area contributed by atoms with Crippen molar-refractivity contribution in [2.45, 2.75) is 32.6 Å². The molecule has 0 saturated carbocycles. The molecule has 0 radical (unpaired) electrons. The van der Waals surface area contributed by atoms with Crippen LogP contribution in [0.4, 0.5) is 13.2 Å². The number of rotatable bonds is 5. The average Bonchev–Trinajstić information content (AvgIpc) is 2.84. The van der Waals surface area contributed by atoms with Crippen molar-refractivity contribution in [2.24, 2.45) is 0 Å². The zero-order valence-corrected chi connectivity index (χ0v) is 13.1. The molecule has 0 aliphatic carbocycles. The largest absolute Gasteiger partial charge is 0.449 e. The van der Waals surface area contributed by atoms with Gasteiger partial charge in [-0.25, -0.2) is 4.98 Å². The van der Waals surface area contributed by atoms with Gasteiger partial charge in [0.25, 0.3) is 0 Å². The molecular weight excluding hydrogens is 325 g/mol. The highest BCUT2D eigenvalue weighted by molar-refractivity contribution is 5.86. The maximum absolute atomic E-state index is 13.1. The van der Waals surface area contributed by atoms with E-state index in [0.717, 1.165) is 4.57 Å². The SMILES string of the molecule is CC(C)NC(=O)CNC(=O)Cn1c(C(F)(F)F)nc2ccccc21. The van der Waals surface area contributed by atoms with Crippen LogP contribution in [0, 0.1) is 0 Å². The summed E-state index contributed by atoms with van der Waals surface area (Å²) in [5.74, 6) is -2.27. The monoisotopic (exact) mass is 342 g/mol. The van der Waals surface area contributed by atoms with Crippen LogP contribution in [0.5, 0.6) is 0 Å². The third-order valence-corrected chi connectivity index (χ3v) is 3.11. The molecule has 2 N–H and O–H groups in total. The Kier molecular flexibility index (Phi) is 5.10. The fourth-order valence-electron chi connectivity index (χ4n) is 2.20. The molecule has 0 atom stereocenters. The third kappa shape index (κ3) is 4.24. The first-order chi connectivity index (χ1) is 11.2. The highest BCUT2D eigenvalue weighted by Gasteiger charge is 2.37. The molecule has 2 aromatic rings. The molecule has 0 saturated heterocycles. The van der Waals surface area contributed by atoms with Crippen LogP contribution >= 0.6 is 0 Å². The lowest BCUT2D eigenvalue weighted by atomic mass is 10.3. The van der Waals surface area contributed by atoms with Gasteiger partial charge in [0, 0.05) is 6.04 Å². The van der Waals surface area contributed by atoms with Crippen molar-refractivity contribution in [3.8, 4) is 0 Å². The lowest BCUT2D eigenvalue weighted by Gasteiger charge is -2.12. The van der Waals surface area contributed by atoms with Gasteiger partial charge in [0.2, 0.25) is 17.6 Å². The van der Waals surface area contributed by atoms with Crippen molar-refractivity contribution in [3.05, 3.63) is 30.1 Å². The molecule has 0 spiro atoms. The number of carbonyl (C=O) groups excluding carboxylic acids is 2. The van der Waals surface area contributed by atoms with Gasteiger partial charge in [-0.15, -0.1) is 0 Å². The second-order valence-electron chi connectivity index (χ2n) is 5.51. The van der Waals surface area contributed by atoms with E-state index in [-0.39, 0.29) is 23.6 Å². The lowest BCUT2D eigenvalue weighted by Crippen LogP contribution is -2.41. The van der Waals surface area contributed by atoms with Crippen molar-refractivity contribution >= 4 is 22.8 Å². The number of nitrogens with zero attached hydrogens (tertiary/aromatic N) is 2. The van der Waals surface area contributed by atoms with Crippen LogP contribution in [0.1, 0.15) is 19.7 Å². The Morgan fingerprint density at radius 3 is 2.50 bits per heavy atom. The van der Waals surface area contributed by atoms with E-state index in [4.69, 9.17) is 0 Å². The molecule has 0 unspecified atom stereocenters. The maximum atomic E-state index is 13.1. The molecular formula is C15H17F3N4O2. The molecule has 0 aliphatic heterocycles. The summed E-state index contributed by atoms with van der Waals surface area (Å²) in [5.41, 5.74) is 0.349. The van der Waals surface area contributed by atoms with E-state index in [1.165, 1.54) is 12.1 Å². The number of benzene rings is 1. The molecule has 2 rings (SSSR count). The number of alkyl halides is 3. The maximum Gasteiger partial charge on any atom is 0.449 e. The first kappa shape index (κ1) is 17.8. The van der Waals surface area contributed by atoms with Crippen molar-refractivity contribution in [3.63, 3.8) is 0 Å². The minimum atomic E-state index is -4.69. The zero-order chi connectivity index (χ0) is 17.9. The highest BCUT2D eigenvalue weighted by Crippen LogP contribution is 2.31. The van der Waals surface area contributed by atoms with Crippen LogP contribution in [-0.2, 0) is 22.3 Å². The number of halogens is 3. The smallest absolute Gasteiger partial charge is 0.352 e. The van der Waals surface area contributed by atoms with Gasteiger partial charge in [0.15, 0.2) is 0 Å².